The molecule has 2 heterocycles. The Bertz CT molecular complexity index is 1080. The van der Waals surface area contributed by atoms with Crippen molar-refractivity contribution in [2.24, 2.45) is 0 Å². The molecule has 30 heavy (non-hydrogen) atoms. The van der Waals surface area contributed by atoms with Crippen LogP contribution in [0.3, 0.4) is 0 Å². The normalized spacial score (nSPS) is 10.6. The van der Waals surface area contributed by atoms with Gasteiger partial charge in [0.25, 0.3) is 5.56 Å². The molecule has 0 spiro atoms. The molecule has 8 heteroatoms. The van der Waals surface area contributed by atoms with Crippen molar-refractivity contribution < 1.29 is 4.79 Å². The van der Waals surface area contributed by atoms with Crippen molar-refractivity contribution in [2.45, 2.75) is 33.4 Å². The van der Waals surface area contributed by atoms with Crippen molar-refractivity contribution in [1.82, 2.24) is 19.9 Å². The number of carbonyl (C=O) groups excluding carboxylic acids is 1. The van der Waals surface area contributed by atoms with Crippen LogP contribution >= 0.6 is 0 Å². The predicted octanol–water partition coefficient (Wildman–Crippen LogP) is 1.81. The van der Waals surface area contributed by atoms with Crippen molar-refractivity contribution in [3.8, 4) is 0 Å². The number of carbonyl (C=O) groups is 1. The number of nitrogens with two attached hydrogens (primary N) is 1. The van der Waals surface area contributed by atoms with Crippen molar-refractivity contribution >= 4 is 17.5 Å². The Balaban J connectivity index is 1.61. The van der Waals surface area contributed by atoms with E-state index in [0.717, 1.165) is 17.7 Å². The summed E-state index contributed by atoms with van der Waals surface area (Å²) in [4.78, 5) is 33.6. The fourth-order valence-corrected chi connectivity index (χ4v) is 3.05. The van der Waals surface area contributed by atoms with Gasteiger partial charge >= 0.3 is 0 Å². The Morgan fingerprint density at radius 2 is 1.90 bits per heavy atom. The van der Waals surface area contributed by atoms with E-state index in [-0.39, 0.29) is 23.8 Å². The molecule has 156 valence electrons. The number of hydrogen-bond donors (Lipinski definition) is 3. The molecule has 0 radical (unpaired) electrons. The number of amides is 1. The second kappa shape index (κ2) is 9.69. The summed E-state index contributed by atoms with van der Waals surface area (Å²) in [7, 11) is 0. The first-order valence-corrected chi connectivity index (χ1v) is 9.77. The molecule has 0 fully saturated rings. The quantitative estimate of drug-likeness (QED) is 0.526. The minimum Gasteiger partial charge on any atom is -0.384 e. The summed E-state index contributed by atoms with van der Waals surface area (Å²) >= 11 is 0. The van der Waals surface area contributed by atoms with Gasteiger partial charge in [0.2, 0.25) is 5.91 Å². The maximum atomic E-state index is 12.8. The van der Waals surface area contributed by atoms with Gasteiger partial charge in [0, 0.05) is 30.7 Å². The molecular formula is C22H26N6O2. The van der Waals surface area contributed by atoms with Gasteiger partial charge in [-0.15, -0.1) is 0 Å². The molecule has 0 saturated carbocycles. The highest BCUT2D eigenvalue weighted by Gasteiger charge is 2.12. The highest BCUT2D eigenvalue weighted by Crippen LogP contribution is 2.08. The van der Waals surface area contributed by atoms with Crippen LogP contribution in [0.25, 0.3) is 0 Å². The molecule has 1 aromatic carbocycles. The van der Waals surface area contributed by atoms with Crippen LogP contribution in [0, 0.1) is 13.8 Å². The molecule has 3 rings (SSSR count). The van der Waals surface area contributed by atoms with Gasteiger partial charge in [-0.25, -0.2) is 9.97 Å². The van der Waals surface area contributed by atoms with Gasteiger partial charge in [-0.05, 0) is 37.5 Å². The topological polar surface area (TPSA) is 115 Å². The number of aromatic nitrogens is 3. The molecule has 0 saturated heterocycles. The molecular weight excluding hydrogens is 380 g/mol. The van der Waals surface area contributed by atoms with E-state index in [0.29, 0.717) is 24.6 Å². The van der Waals surface area contributed by atoms with Crippen molar-refractivity contribution in [2.75, 3.05) is 17.6 Å². The van der Waals surface area contributed by atoms with E-state index in [1.807, 2.05) is 43.3 Å². The van der Waals surface area contributed by atoms with Crippen LogP contribution in [0.1, 0.15) is 22.5 Å². The second-order valence-electron chi connectivity index (χ2n) is 7.06. The van der Waals surface area contributed by atoms with E-state index in [4.69, 9.17) is 5.73 Å². The Labute approximate surface area is 175 Å². The number of hydrogen-bond acceptors (Lipinski definition) is 6. The number of nitrogens with one attached hydrogen (secondary N) is 2. The highest BCUT2D eigenvalue weighted by atomic mass is 16.2. The van der Waals surface area contributed by atoms with Gasteiger partial charge in [0.1, 0.15) is 12.4 Å². The van der Waals surface area contributed by atoms with Crippen molar-refractivity contribution in [3.05, 3.63) is 81.5 Å². The molecule has 0 aliphatic heterocycles. The smallest absolute Gasteiger partial charge is 0.293 e. The number of benzene rings is 1. The van der Waals surface area contributed by atoms with Gasteiger partial charge in [-0.1, -0.05) is 36.4 Å². The fourth-order valence-electron chi connectivity index (χ4n) is 3.05. The molecule has 0 unspecified atom stereocenters. The third kappa shape index (κ3) is 5.44. The van der Waals surface area contributed by atoms with Crippen molar-refractivity contribution in [1.29, 1.82) is 0 Å². The minimum absolute atomic E-state index is 0.0813. The van der Waals surface area contributed by atoms with Gasteiger partial charge in [-0.3, -0.25) is 14.2 Å². The van der Waals surface area contributed by atoms with E-state index in [1.165, 1.54) is 10.1 Å². The summed E-state index contributed by atoms with van der Waals surface area (Å²) < 4.78 is 1.42. The van der Waals surface area contributed by atoms with Gasteiger partial charge in [-0.2, -0.15) is 0 Å². The van der Waals surface area contributed by atoms with Crippen LogP contribution < -0.4 is 21.9 Å². The first kappa shape index (κ1) is 21.0. The molecule has 0 aliphatic carbocycles. The summed E-state index contributed by atoms with van der Waals surface area (Å²) in [6.45, 7) is 4.40. The number of pyridine rings is 1. The van der Waals surface area contributed by atoms with E-state index >= 15 is 0 Å². The minimum atomic E-state index is -0.316. The van der Waals surface area contributed by atoms with Crippen LogP contribution in [0.5, 0.6) is 0 Å². The molecule has 0 aliphatic rings. The molecule has 4 N–H and O–H groups in total. The first-order chi connectivity index (χ1) is 14.4. The van der Waals surface area contributed by atoms with Crippen LogP contribution in [-0.4, -0.2) is 27.0 Å². The van der Waals surface area contributed by atoms with Crippen LogP contribution in [0.4, 0.5) is 11.6 Å². The van der Waals surface area contributed by atoms with E-state index in [2.05, 4.69) is 20.6 Å². The number of aryl methyl sites for hydroxylation is 2. The summed E-state index contributed by atoms with van der Waals surface area (Å²) in [5.41, 5.74) is 8.76. The maximum absolute atomic E-state index is 12.8. The summed E-state index contributed by atoms with van der Waals surface area (Å²) in [5, 5.41) is 5.90. The molecule has 0 atom stereocenters. The van der Waals surface area contributed by atoms with Gasteiger partial charge in [0.15, 0.2) is 5.82 Å². The average molecular weight is 406 g/mol. The Morgan fingerprint density at radius 3 is 2.63 bits per heavy atom. The standard InChI is InChI=1S/C22H26N6O2/c1-15-12-26-21(24-11-10-17-6-4-3-5-7-17)22(30)28(15)14-20(29)25-13-18-8-9-19(23)27-16(18)2/h3-9,12H,10-11,13-14H2,1-2H3,(H2,23,27)(H,24,26)(H,25,29). The monoisotopic (exact) mass is 406 g/mol. The first-order valence-electron chi connectivity index (χ1n) is 9.77. The summed E-state index contributed by atoms with van der Waals surface area (Å²) in [6, 6.07) is 13.5. The zero-order valence-corrected chi connectivity index (χ0v) is 17.2. The van der Waals surface area contributed by atoms with Crippen LogP contribution in [-0.2, 0) is 24.3 Å². The number of nitrogen functional groups attached to an aromatic ring is 1. The van der Waals surface area contributed by atoms with Gasteiger partial charge in [0.05, 0.1) is 0 Å². The van der Waals surface area contributed by atoms with Gasteiger partial charge < -0.3 is 16.4 Å². The van der Waals surface area contributed by atoms with Crippen molar-refractivity contribution in [3.63, 3.8) is 0 Å². The van der Waals surface area contributed by atoms with Crippen LogP contribution in [0.15, 0.2) is 53.5 Å². The lowest BCUT2D eigenvalue weighted by Crippen LogP contribution is -2.34. The Morgan fingerprint density at radius 1 is 1.13 bits per heavy atom. The SMILES string of the molecule is Cc1nc(N)ccc1CNC(=O)Cn1c(C)cnc(NCCc2ccccc2)c1=O. The highest BCUT2D eigenvalue weighted by molar-refractivity contribution is 5.75. The predicted molar refractivity (Wildman–Crippen MR) is 117 cm³/mol. The maximum Gasteiger partial charge on any atom is 0.293 e. The Hall–Kier alpha value is -3.68. The molecule has 0 bridgehead atoms. The van der Waals surface area contributed by atoms with E-state index < -0.39 is 0 Å². The molecule has 3 aromatic rings. The zero-order chi connectivity index (χ0) is 21.5. The lowest BCUT2D eigenvalue weighted by molar-refractivity contribution is -0.121. The third-order valence-electron chi connectivity index (χ3n) is 4.80. The fraction of sp³-hybridized carbons (Fsp3) is 0.273. The lowest BCUT2D eigenvalue weighted by Gasteiger charge is -2.13. The summed E-state index contributed by atoms with van der Waals surface area (Å²) in [5.74, 6) is 0.412. The van der Waals surface area contributed by atoms with E-state index in [9.17, 15) is 9.59 Å². The lowest BCUT2D eigenvalue weighted by atomic mass is 10.1. The van der Waals surface area contributed by atoms with E-state index in [1.54, 1.807) is 19.2 Å². The second-order valence-corrected chi connectivity index (χ2v) is 7.06. The average Bonchev–Trinajstić information content (AvgIpc) is 2.73. The number of rotatable bonds is 8. The molecule has 2 aromatic heterocycles. The van der Waals surface area contributed by atoms with Crippen LogP contribution in [0.2, 0.25) is 0 Å². The largest absolute Gasteiger partial charge is 0.384 e. The summed E-state index contributed by atoms with van der Waals surface area (Å²) in [6.07, 6.45) is 2.36. The molecule has 1 amide bonds. The Kier molecular flexibility index (Phi) is 6.79. The zero-order valence-electron chi connectivity index (χ0n) is 17.2. The number of nitrogens with zero attached hydrogens (tertiary/aromatic N) is 3. The molecule has 8 nitrogen and oxygen atoms in total. The number of anilines is 2. The third-order valence-corrected chi connectivity index (χ3v) is 4.80.